The molecule has 4 heteroatoms. The Morgan fingerprint density at radius 1 is 0.818 bits per heavy atom. The molecule has 0 aliphatic carbocycles. The maximum atomic E-state index is 4.64. The van der Waals surface area contributed by atoms with Gasteiger partial charge in [0.25, 0.3) is 0 Å². The van der Waals surface area contributed by atoms with Crippen LogP contribution in [0.25, 0.3) is 0 Å². The van der Waals surface area contributed by atoms with Crippen molar-refractivity contribution >= 4 is 11.6 Å². The summed E-state index contributed by atoms with van der Waals surface area (Å²) in [6.45, 7) is 2.29. The number of likely N-dealkylation sites (N-methyl/N-ethyl adjacent to an activating group) is 2. The van der Waals surface area contributed by atoms with Gasteiger partial charge in [-0.15, -0.1) is 11.6 Å². The third-order valence-corrected chi connectivity index (χ3v) is 0.994. The van der Waals surface area contributed by atoms with Crippen molar-refractivity contribution < 1.29 is 16.5 Å². The molecule has 0 saturated carbocycles. The summed E-state index contributed by atoms with van der Waals surface area (Å²) in [5.41, 5.74) is 0. The molecular weight excluding hydrogens is 206 g/mol. The van der Waals surface area contributed by atoms with Gasteiger partial charge >= 0.3 is 0 Å². The summed E-state index contributed by atoms with van der Waals surface area (Å²) in [6, 6.07) is 0. The molecule has 0 rings (SSSR count). The average molecular weight is 225 g/mol. The zero-order chi connectivity index (χ0) is 8.57. The SMILES string of the molecule is CCl.CN(C)CCN(C)C.[Ni]. The van der Waals surface area contributed by atoms with Crippen LogP contribution in [0.3, 0.4) is 0 Å². The molecule has 0 amide bonds. The molecule has 0 fully saturated rings. The van der Waals surface area contributed by atoms with Crippen LogP contribution < -0.4 is 0 Å². The van der Waals surface area contributed by atoms with Crippen LogP contribution in [0.5, 0.6) is 0 Å². The molecule has 0 radical (unpaired) electrons. The van der Waals surface area contributed by atoms with Crippen LogP contribution in [-0.2, 0) is 16.5 Å². The third kappa shape index (κ3) is 24.9. The Morgan fingerprint density at radius 3 is 1.09 bits per heavy atom. The largest absolute Gasteiger partial charge is 0.308 e. The van der Waals surface area contributed by atoms with Gasteiger partial charge in [0.05, 0.1) is 0 Å². The van der Waals surface area contributed by atoms with Crippen LogP contribution in [0, 0.1) is 0 Å². The summed E-state index contributed by atoms with van der Waals surface area (Å²) in [5.74, 6) is 0. The van der Waals surface area contributed by atoms with E-state index in [2.05, 4.69) is 49.6 Å². The Hall–Kier alpha value is 0.704. The van der Waals surface area contributed by atoms with E-state index in [1.54, 1.807) is 0 Å². The molecule has 2 nitrogen and oxygen atoms in total. The van der Waals surface area contributed by atoms with Gasteiger partial charge in [0.1, 0.15) is 0 Å². The first-order valence-electron chi connectivity index (χ1n) is 3.30. The molecule has 0 aromatic rings. The Kier molecular flexibility index (Phi) is 21.4. The second-order valence-electron chi connectivity index (χ2n) is 2.61. The molecule has 0 atom stereocenters. The first kappa shape index (κ1) is 17.7. The predicted molar refractivity (Wildman–Crippen MR) is 48.9 cm³/mol. The van der Waals surface area contributed by atoms with E-state index >= 15 is 0 Å². The van der Waals surface area contributed by atoms with E-state index in [-0.39, 0.29) is 16.5 Å². The molecule has 0 unspecified atom stereocenters. The van der Waals surface area contributed by atoms with Crippen LogP contribution in [0.15, 0.2) is 0 Å². The van der Waals surface area contributed by atoms with E-state index in [0.717, 1.165) is 13.1 Å². The normalized spacial score (nSPS) is 8.73. The first-order chi connectivity index (χ1) is 4.63. The van der Waals surface area contributed by atoms with Crippen LogP contribution >= 0.6 is 11.6 Å². The molecule has 0 saturated heterocycles. The second-order valence-corrected chi connectivity index (χ2v) is 2.61. The Morgan fingerprint density at radius 2 is 1.00 bits per heavy atom. The van der Waals surface area contributed by atoms with E-state index in [1.165, 1.54) is 6.38 Å². The minimum absolute atomic E-state index is 0. The number of hydrogen-bond donors (Lipinski definition) is 0. The quantitative estimate of drug-likeness (QED) is 0.521. The smallest absolute Gasteiger partial charge is 0.0108 e. The van der Waals surface area contributed by atoms with Gasteiger partial charge in [0.15, 0.2) is 0 Å². The second kappa shape index (κ2) is 13.3. The summed E-state index contributed by atoms with van der Waals surface area (Å²) >= 11 is 4.64. The van der Waals surface area contributed by atoms with Gasteiger partial charge in [0, 0.05) is 36.0 Å². The zero-order valence-corrected chi connectivity index (χ0v) is 9.75. The maximum absolute atomic E-state index is 4.64. The number of hydrogen-bond acceptors (Lipinski definition) is 2. The summed E-state index contributed by atoms with van der Waals surface area (Å²) in [6.07, 6.45) is 1.47. The monoisotopic (exact) mass is 224 g/mol. The predicted octanol–water partition coefficient (Wildman–Crippen LogP) is 0.962. The molecule has 0 aliphatic rings. The van der Waals surface area contributed by atoms with E-state index in [0.29, 0.717) is 0 Å². The number of alkyl halides is 1. The van der Waals surface area contributed by atoms with Crippen molar-refractivity contribution in [3.63, 3.8) is 0 Å². The van der Waals surface area contributed by atoms with Crippen LogP contribution in [0.2, 0.25) is 0 Å². The number of halogens is 1. The van der Waals surface area contributed by atoms with Crippen molar-refractivity contribution in [3.05, 3.63) is 0 Å². The van der Waals surface area contributed by atoms with Gasteiger partial charge in [-0.2, -0.15) is 0 Å². The number of nitrogens with zero attached hydrogens (tertiary/aromatic N) is 2. The van der Waals surface area contributed by atoms with Gasteiger partial charge in [-0.25, -0.2) is 0 Å². The fourth-order valence-electron chi connectivity index (χ4n) is 0.400. The molecule has 0 aromatic heterocycles. The maximum Gasteiger partial charge on any atom is 0.0108 e. The summed E-state index contributed by atoms with van der Waals surface area (Å²) < 4.78 is 0. The molecule has 0 bridgehead atoms. The van der Waals surface area contributed by atoms with E-state index in [4.69, 9.17) is 0 Å². The van der Waals surface area contributed by atoms with E-state index in [9.17, 15) is 0 Å². The Balaban J connectivity index is -0.000000196. The Bertz CT molecular complexity index is 52.4. The molecule has 11 heavy (non-hydrogen) atoms. The van der Waals surface area contributed by atoms with Gasteiger partial charge < -0.3 is 9.80 Å². The summed E-state index contributed by atoms with van der Waals surface area (Å²) in [7, 11) is 8.35. The topological polar surface area (TPSA) is 6.48 Å². The van der Waals surface area contributed by atoms with Crippen LogP contribution in [0.1, 0.15) is 0 Å². The van der Waals surface area contributed by atoms with Crippen molar-refractivity contribution in [2.45, 2.75) is 0 Å². The average Bonchev–Trinajstić information content (AvgIpc) is 1.89. The third-order valence-electron chi connectivity index (χ3n) is 0.994. The van der Waals surface area contributed by atoms with Gasteiger partial charge in [-0.05, 0) is 28.2 Å². The molecule has 74 valence electrons. The molecule has 0 aromatic carbocycles. The van der Waals surface area contributed by atoms with Crippen molar-refractivity contribution in [1.29, 1.82) is 0 Å². The minimum Gasteiger partial charge on any atom is -0.308 e. The summed E-state index contributed by atoms with van der Waals surface area (Å²) in [4.78, 5) is 4.36. The molecule has 0 N–H and O–H groups in total. The van der Waals surface area contributed by atoms with Crippen molar-refractivity contribution in [2.24, 2.45) is 0 Å². The number of rotatable bonds is 3. The van der Waals surface area contributed by atoms with Crippen molar-refractivity contribution in [1.82, 2.24) is 9.80 Å². The van der Waals surface area contributed by atoms with Gasteiger partial charge in [0.2, 0.25) is 0 Å². The van der Waals surface area contributed by atoms with Crippen molar-refractivity contribution in [2.75, 3.05) is 47.7 Å². The van der Waals surface area contributed by atoms with Crippen molar-refractivity contribution in [3.8, 4) is 0 Å². The Labute approximate surface area is 85.8 Å². The first-order valence-corrected chi connectivity index (χ1v) is 4.06. The van der Waals surface area contributed by atoms with Crippen LogP contribution in [-0.4, -0.2) is 57.5 Å². The van der Waals surface area contributed by atoms with Gasteiger partial charge in [-0.3, -0.25) is 0 Å². The van der Waals surface area contributed by atoms with Crippen LogP contribution in [0.4, 0.5) is 0 Å². The van der Waals surface area contributed by atoms with E-state index in [1.807, 2.05) is 0 Å². The summed E-state index contributed by atoms with van der Waals surface area (Å²) in [5, 5.41) is 0. The minimum atomic E-state index is 0. The molecule has 0 aliphatic heterocycles. The fraction of sp³-hybridized carbons (Fsp3) is 1.00. The molecule has 0 spiro atoms. The fourth-order valence-corrected chi connectivity index (χ4v) is 0.400. The van der Waals surface area contributed by atoms with Gasteiger partial charge in [-0.1, -0.05) is 0 Å². The zero-order valence-electron chi connectivity index (χ0n) is 8.00. The molecular formula is C7H19ClN2Ni. The van der Waals surface area contributed by atoms with E-state index < -0.39 is 0 Å². The standard InChI is InChI=1S/C6H16N2.CH3Cl.Ni/c1-7(2)5-6-8(3)4;1-2;/h5-6H2,1-4H3;1H3;. The molecule has 0 heterocycles.